The zero-order valence-electron chi connectivity index (χ0n) is 12.5. The normalized spacial score (nSPS) is 14.1. The van der Waals surface area contributed by atoms with Crippen LogP contribution in [0.4, 0.5) is 0 Å². The van der Waals surface area contributed by atoms with Gasteiger partial charge in [-0.3, -0.25) is 0 Å². The summed E-state index contributed by atoms with van der Waals surface area (Å²) in [4.78, 5) is 0.372. The molecule has 24 heavy (non-hydrogen) atoms. The summed E-state index contributed by atoms with van der Waals surface area (Å²) in [7, 11) is -5.37. The van der Waals surface area contributed by atoms with Crippen LogP contribution in [-0.2, 0) is 9.84 Å². The van der Waals surface area contributed by atoms with Crippen molar-refractivity contribution < 1.29 is 18.5 Å². The molecule has 0 fully saturated rings. The van der Waals surface area contributed by atoms with Crippen LogP contribution in [0.5, 0.6) is 0 Å². The van der Waals surface area contributed by atoms with Crippen molar-refractivity contribution in [2.75, 3.05) is 0 Å². The highest BCUT2D eigenvalue weighted by molar-refractivity contribution is 7.92. The van der Waals surface area contributed by atoms with Crippen molar-refractivity contribution in [2.45, 2.75) is 9.79 Å². The molecular weight excluding hydrogens is 323 g/mol. The molecule has 0 radical (unpaired) electrons. The molecule has 0 aromatic heterocycles. The summed E-state index contributed by atoms with van der Waals surface area (Å²) in [6.07, 6.45) is 0. The van der Waals surface area contributed by atoms with Crippen LogP contribution in [0.3, 0.4) is 0 Å². The topological polar surface area (TPSA) is 74.6 Å². The quantitative estimate of drug-likeness (QED) is 0.548. The van der Waals surface area contributed by atoms with Gasteiger partial charge in [-0.15, -0.1) is 0 Å². The number of sulfone groups is 1. The molecule has 1 aliphatic heterocycles. The van der Waals surface area contributed by atoms with E-state index in [9.17, 15) is 18.5 Å². The summed E-state index contributed by atoms with van der Waals surface area (Å²) in [5.74, 6) is 0. The van der Waals surface area contributed by atoms with Crippen molar-refractivity contribution in [3.63, 3.8) is 0 Å². The molecule has 0 atom stereocenters. The summed E-state index contributed by atoms with van der Waals surface area (Å²) in [5, 5.41) is 18.6. The minimum absolute atomic E-state index is 0.119. The van der Waals surface area contributed by atoms with Crippen LogP contribution in [0.15, 0.2) is 76.5 Å². The zero-order valence-corrected chi connectivity index (χ0v) is 13.4. The van der Waals surface area contributed by atoms with Gasteiger partial charge in [-0.25, -0.2) is 8.42 Å². The van der Waals surface area contributed by atoms with Crippen molar-refractivity contribution in [3.8, 4) is 22.3 Å². The summed E-state index contributed by atoms with van der Waals surface area (Å²) in [5.41, 5.74) is 3.16. The SMILES string of the molecule is O=S1(=O)c2cc(B(O)O)ccc2-c2ccc(-c3ccccc3)cc21. The van der Waals surface area contributed by atoms with Crippen molar-refractivity contribution in [1.82, 2.24) is 0 Å². The first-order valence-electron chi connectivity index (χ1n) is 7.43. The Hall–Kier alpha value is -2.41. The van der Waals surface area contributed by atoms with Gasteiger partial charge in [-0.05, 0) is 28.7 Å². The highest BCUT2D eigenvalue weighted by Crippen LogP contribution is 2.44. The lowest BCUT2D eigenvalue weighted by Crippen LogP contribution is -2.30. The summed E-state index contributed by atoms with van der Waals surface area (Å²) < 4.78 is 25.7. The smallest absolute Gasteiger partial charge is 0.423 e. The minimum atomic E-state index is -3.67. The molecule has 0 unspecified atom stereocenters. The van der Waals surface area contributed by atoms with E-state index in [-0.39, 0.29) is 15.3 Å². The van der Waals surface area contributed by atoms with Gasteiger partial charge in [-0.2, -0.15) is 0 Å². The van der Waals surface area contributed by atoms with Crippen LogP contribution in [0.1, 0.15) is 0 Å². The van der Waals surface area contributed by atoms with Gasteiger partial charge in [0, 0.05) is 11.1 Å². The molecule has 2 N–H and O–H groups in total. The maximum Gasteiger partial charge on any atom is 0.488 e. The summed E-state index contributed by atoms with van der Waals surface area (Å²) in [6.45, 7) is 0. The van der Waals surface area contributed by atoms with Gasteiger partial charge in [0.2, 0.25) is 9.84 Å². The molecule has 4 rings (SSSR count). The van der Waals surface area contributed by atoms with Crippen molar-refractivity contribution >= 4 is 22.4 Å². The van der Waals surface area contributed by atoms with Gasteiger partial charge in [0.1, 0.15) is 0 Å². The van der Waals surface area contributed by atoms with Gasteiger partial charge in [0.25, 0.3) is 0 Å². The third kappa shape index (κ3) is 2.19. The molecule has 0 amide bonds. The highest BCUT2D eigenvalue weighted by Gasteiger charge is 2.34. The number of benzene rings is 3. The van der Waals surface area contributed by atoms with E-state index < -0.39 is 17.0 Å². The first-order valence-corrected chi connectivity index (χ1v) is 8.92. The van der Waals surface area contributed by atoms with E-state index in [2.05, 4.69) is 0 Å². The molecule has 3 aromatic rings. The zero-order chi connectivity index (χ0) is 16.9. The monoisotopic (exact) mass is 336 g/mol. The molecule has 0 saturated heterocycles. The lowest BCUT2D eigenvalue weighted by Gasteiger charge is -2.05. The average molecular weight is 336 g/mol. The van der Waals surface area contributed by atoms with E-state index in [1.54, 1.807) is 18.2 Å². The lowest BCUT2D eigenvalue weighted by atomic mass is 9.80. The highest BCUT2D eigenvalue weighted by atomic mass is 32.2. The molecule has 1 aliphatic rings. The Balaban J connectivity index is 1.92. The second-order valence-corrected chi connectivity index (χ2v) is 7.60. The predicted molar refractivity (Wildman–Crippen MR) is 92.6 cm³/mol. The first kappa shape index (κ1) is 15.1. The Labute approximate surface area is 140 Å². The second-order valence-electron chi connectivity index (χ2n) is 5.71. The van der Waals surface area contributed by atoms with E-state index in [0.29, 0.717) is 11.1 Å². The van der Waals surface area contributed by atoms with Crippen molar-refractivity contribution in [2.24, 2.45) is 0 Å². The van der Waals surface area contributed by atoms with Gasteiger partial charge >= 0.3 is 7.12 Å². The fourth-order valence-corrected chi connectivity index (χ4v) is 4.79. The molecule has 1 heterocycles. The van der Waals surface area contributed by atoms with E-state index >= 15 is 0 Å². The molecule has 118 valence electrons. The molecule has 0 spiro atoms. The Kier molecular flexibility index (Phi) is 3.35. The fourth-order valence-electron chi connectivity index (χ4n) is 3.04. The van der Waals surface area contributed by atoms with Crippen LogP contribution in [0, 0.1) is 0 Å². The van der Waals surface area contributed by atoms with Crippen LogP contribution in [-0.4, -0.2) is 25.6 Å². The number of rotatable bonds is 2. The van der Waals surface area contributed by atoms with Crippen molar-refractivity contribution in [3.05, 3.63) is 66.7 Å². The van der Waals surface area contributed by atoms with Crippen LogP contribution >= 0.6 is 0 Å². The molecule has 0 saturated carbocycles. The fraction of sp³-hybridized carbons (Fsp3) is 0. The standard InChI is InChI=1S/C18H13BO4S/c20-19(21)14-7-9-16-15-8-6-13(12-4-2-1-3-5-12)10-17(15)24(22,23)18(16)11-14/h1-11,20-21H. The van der Waals surface area contributed by atoms with E-state index in [4.69, 9.17) is 0 Å². The molecule has 6 heteroatoms. The van der Waals surface area contributed by atoms with Gasteiger partial charge in [0.05, 0.1) is 9.79 Å². The third-order valence-corrected chi connectivity index (χ3v) is 6.10. The number of hydrogen-bond acceptors (Lipinski definition) is 4. The molecule has 3 aromatic carbocycles. The third-order valence-electron chi connectivity index (χ3n) is 4.26. The number of fused-ring (bicyclic) bond motifs is 3. The minimum Gasteiger partial charge on any atom is -0.423 e. The molecule has 4 nitrogen and oxygen atoms in total. The van der Waals surface area contributed by atoms with Crippen LogP contribution in [0.25, 0.3) is 22.3 Å². The Morgan fingerprint density at radius 1 is 0.708 bits per heavy atom. The summed E-state index contributed by atoms with van der Waals surface area (Å²) in [6, 6.07) is 19.4. The van der Waals surface area contributed by atoms with Crippen LogP contribution in [0.2, 0.25) is 0 Å². The molecule has 0 aliphatic carbocycles. The maximum absolute atomic E-state index is 12.9. The van der Waals surface area contributed by atoms with E-state index in [0.717, 1.165) is 11.1 Å². The Bertz CT molecular complexity index is 1040. The van der Waals surface area contributed by atoms with E-state index in [1.165, 1.54) is 12.1 Å². The average Bonchev–Trinajstić information content (AvgIpc) is 2.83. The second kappa shape index (κ2) is 5.31. The maximum atomic E-state index is 12.9. The Morgan fingerprint density at radius 2 is 1.33 bits per heavy atom. The molecular formula is C18H13BO4S. The predicted octanol–water partition coefficient (Wildman–Crippen LogP) is 1.85. The Morgan fingerprint density at radius 3 is 2.00 bits per heavy atom. The lowest BCUT2D eigenvalue weighted by molar-refractivity contribution is 0.425. The largest absolute Gasteiger partial charge is 0.488 e. The number of hydrogen-bond donors (Lipinski definition) is 2. The summed E-state index contributed by atoms with van der Waals surface area (Å²) >= 11 is 0. The van der Waals surface area contributed by atoms with E-state index in [1.807, 2.05) is 36.4 Å². The molecule has 0 bridgehead atoms. The van der Waals surface area contributed by atoms with Crippen LogP contribution < -0.4 is 5.46 Å². The van der Waals surface area contributed by atoms with Gasteiger partial charge in [0.15, 0.2) is 0 Å². The van der Waals surface area contributed by atoms with Crippen molar-refractivity contribution in [1.29, 1.82) is 0 Å². The van der Waals surface area contributed by atoms with Gasteiger partial charge in [-0.1, -0.05) is 54.6 Å². The first-order chi connectivity index (χ1) is 11.5. The van der Waals surface area contributed by atoms with Gasteiger partial charge < -0.3 is 10.0 Å².